The quantitative estimate of drug-likeness (QED) is 0.658. The third kappa shape index (κ3) is 7.58. The van der Waals surface area contributed by atoms with E-state index < -0.39 is 23.6 Å². The minimum Gasteiger partial charge on any atom is -0.465 e. The van der Waals surface area contributed by atoms with E-state index in [4.69, 9.17) is 9.47 Å². The van der Waals surface area contributed by atoms with Gasteiger partial charge in [-0.2, -0.15) is 5.26 Å². The Hall–Kier alpha value is -2.10. The van der Waals surface area contributed by atoms with Gasteiger partial charge >= 0.3 is 6.09 Å². The highest BCUT2D eigenvalue weighted by atomic mass is 16.5. The summed E-state index contributed by atoms with van der Waals surface area (Å²) in [4.78, 5) is 13.0. The minimum atomic E-state index is -1.01. The first-order valence-electron chi connectivity index (χ1n) is 9.27. The maximum absolute atomic E-state index is 11.7. The van der Waals surface area contributed by atoms with Gasteiger partial charge in [-0.05, 0) is 46.1 Å². The zero-order valence-electron chi connectivity index (χ0n) is 17.0. The van der Waals surface area contributed by atoms with E-state index >= 15 is 0 Å². The van der Waals surface area contributed by atoms with Crippen LogP contribution in [0.1, 0.15) is 46.1 Å². The highest BCUT2D eigenvalue weighted by Gasteiger charge is 2.35. The maximum Gasteiger partial charge on any atom is 0.408 e. The van der Waals surface area contributed by atoms with E-state index in [0.29, 0.717) is 26.1 Å². The Bertz CT molecular complexity index is 607. The fourth-order valence-corrected chi connectivity index (χ4v) is 3.18. The number of methoxy groups -OCH3 is 1. The van der Waals surface area contributed by atoms with Crippen molar-refractivity contribution in [1.29, 1.82) is 5.26 Å². The molecule has 0 saturated heterocycles. The van der Waals surface area contributed by atoms with E-state index in [1.807, 2.05) is 51.1 Å². The fraction of sp³-hybridized carbons (Fsp3) is 0.619. The molecule has 2 unspecified atom stereocenters. The Labute approximate surface area is 162 Å². The van der Waals surface area contributed by atoms with E-state index in [0.717, 1.165) is 5.56 Å². The van der Waals surface area contributed by atoms with Gasteiger partial charge in [-0.3, -0.25) is 4.90 Å². The molecule has 0 spiro atoms. The number of hydrogen-bond acceptors (Lipinski definition) is 4. The summed E-state index contributed by atoms with van der Waals surface area (Å²) in [7, 11) is 1.63. The van der Waals surface area contributed by atoms with Crippen LogP contribution >= 0.6 is 0 Å². The first kappa shape index (κ1) is 22.9. The van der Waals surface area contributed by atoms with E-state index in [9.17, 15) is 15.2 Å². The van der Waals surface area contributed by atoms with Gasteiger partial charge in [-0.15, -0.1) is 0 Å². The van der Waals surface area contributed by atoms with Crippen molar-refractivity contribution in [3.8, 4) is 6.07 Å². The molecule has 0 heterocycles. The van der Waals surface area contributed by atoms with E-state index in [-0.39, 0.29) is 6.10 Å². The fourth-order valence-electron chi connectivity index (χ4n) is 3.18. The Balaban J connectivity index is 2.57. The van der Waals surface area contributed by atoms with Gasteiger partial charge in [-0.1, -0.05) is 30.3 Å². The zero-order chi connectivity index (χ0) is 20.4. The van der Waals surface area contributed by atoms with E-state index in [1.165, 1.54) is 4.90 Å². The zero-order valence-corrected chi connectivity index (χ0v) is 17.0. The van der Waals surface area contributed by atoms with Gasteiger partial charge < -0.3 is 14.6 Å². The average molecular weight is 376 g/mol. The summed E-state index contributed by atoms with van der Waals surface area (Å²) in [5, 5.41) is 19.1. The third-order valence-electron chi connectivity index (χ3n) is 4.63. The van der Waals surface area contributed by atoms with Crippen LogP contribution in [0.5, 0.6) is 0 Å². The van der Waals surface area contributed by atoms with Crippen molar-refractivity contribution in [1.82, 2.24) is 4.90 Å². The molecule has 27 heavy (non-hydrogen) atoms. The van der Waals surface area contributed by atoms with Crippen LogP contribution in [-0.4, -0.2) is 47.5 Å². The number of amides is 1. The lowest BCUT2D eigenvalue weighted by Gasteiger charge is -2.40. The first-order chi connectivity index (χ1) is 12.7. The smallest absolute Gasteiger partial charge is 0.408 e. The molecule has 1 rings (SSSR count). The van der Waals surface area contributed by atoms with Crippen LogP contribution in [0, 0.1) is 17.2 Å². The predicted octanol–water partition coefficient (Wildman–Crippen LogP) is 4.31. The summed E-state index contributed by atoms with van der Waals surface area (Å²) in [6.45, 7) is 8.24. The summed E-state index contributed by atoms with van der Waals surface area (Å²) >= 11 is 0. The number of ether oxygens (including phenoxy) is 2. The van der Waals surface area contributed by atoms with Crippen LogP contribution in [0.2, 0.25) is 0 Å². The molecule has 1 N–H and O–H groups in total. The number of hydrogen-bond donors (Lipinski definition) is 1. The molecule has 0 aromatic heterocycles. The van der Waals surface area contributed by atoms with Crippen molar-refractivity contribution in [3.05, 3.63) is 35.9 Å². The number of nitriles is 1. The molecular formula is C21H32N2O4. The molecular weight excluding hydrogens is 344 g/mol. The highest BCUT2D eigenvalue weighted by molar-refractivity contribution is 5.66. The molecule has 6 heteroatoms. The molecule has 0 aliphatic carbocycles. The normalized spacial score (nSPS) is 14.8. The Morgan fingerprint density at radius 3 is 2.37 bits per heavy atom. The van der Waals surface area contributed by atoms with Crippen molar-refractivity contribution in [2.75, 3.05) is 13.7 Å². The largest absolute Gasteiger partial charge is 0.465 e. The molecule has 1 aromatic carbocycles. The van der Waals surface area contributed by atoms with E-state index in [1.54, 1.807) is 14.0 Å². The van der Waals surface area contributed by atoms with Crippen molar-refractivity contribution >= 4 is 6.09 Å². The van der Waals surface area contributed by atoms with Crippen LogP contribution in [0.25, 0.3) is 0 Å². The summed E-state index contributed by atoms with van der Waals surface area (Å²) in [6.07, 6.45) is 0.0327. The van der Waals surface area contributed by atoms with Gasteiger partial charge in [-0.25, -0.2) is 4.79 Å². The van der Waals surface area contributed by atoms with Crippen molar-refractivity contribution in [2.24, 2.45) is 5.92 Å². The number of carbonyl (C=O) groups is 1. The van der Waals surface area contributed by atoms with E-state index in [2.05, 4.69) is 6.07 Å². The molecule has 0 saturated carbocycles. The number of rotatable bonds is 10. The molecule has 0 aliphatic heterocycles. The van der Waals surface area contributed by atoms with Crippen molar-refractivity contribution in [3.63, 3.8) is 0 Å². The number of benzene rings is 1. The molecule has 6 nitrogen and oxygen atoms in total. The second-order valence-electron chi connectivity index (χ2n) is 7.74. The lowest BCUT2D eigenvalue weighted by molar-refractivity contribution is -0.00635. The molecule has 0 bridgehead atoms. The first-order valence-corrected chi connectivity index (χ1v) is 9.27. The molecule has 3 atom stereocenters. The summed E-state index contributed by atoms with van der Waals surface area (Å²) in [5.74, 6) is -0.410. The Morgan fingerprint density at radius 1 is 1.26 bits per heavy atom. The van der Waals surface area contributed by atoms with Crippen molar-refractivity contribution in [2.45, 2.75) is 64.8 Å². The second kappa shape index (κ2) is 10.9. The second-order valence-corrected chi connectivity index (χ2v) is 7.74. The highest BCUT2D eigenvalue weighted by Crippen LogP contribution is 2.25. The average Bonchev–Trinajstić information content (AvgIpc) is 2.60. The van der Waals surface area contributed by atoms with Gasteiger partial charge in [0, 0.05) is 18.7 Å². The lowest BCUT2D eigenvalue weighted by atomic mass is 9.91. The maximum atomic E-state index is 11.7. The van der Waals surface area contributed by atoms with Gasteiger partial charge in [0.05, 0.1) is 31.3 Å². The summed E-state index contributed by atoms with van der Waals surface area (Å²) in [6, 6.07) is 11.8. The SMILES string of the molecule is CO[C@@H](CCC(C#N)C(C)N(C(=O)O)C(C)(C)C)COCc1ccccc1. The van der Waals surface area contributed by atoms with Crippen LogP contribution in [-0.2, 0) is 16.1 Å². The Kier molecular flexibility index (Phi) is 9.27. The third-order valence-corrected chi connectivity index (χ3v) is 4.63. The van der Waals surface area contributed by atoms with Gasteiger partial charge in [0.25, 0.3) is 0 Å². The predicted molar refractivity (Wildman–Crippen MR) is 104 cm³/mol. The lowest BCUT2D eigenvalue weighted by Crippen LogP contribution is -2.52. The monoisotopic (exact) mass is 376 g/mol. The Morgan fingerprint density at radius 2 is 1.89 bits per heavy atom. The molecule has 1 amide bonds. The van der Waals surface area contributed by atoms with Gasteiger partial charge in [0.2, 0.25) is 0 Å². The van der Waals surface area contributed by atoms with Crippen LogP contribution < -0.4 is 0 Å². The summed E-state index contributed by atoms with van der Waals surface area (Å²) < 4.78 is 11.2. The van der Waals surface area contributed by atoms with Crippen LogP contribution in [0.3, 0.4) is 0 Å². The van der Waals surface area contributed by atoms with Gasteiger partial charge in [0.1, 0.15) is 0 Å². The molecule has 0 fully saturated rings. The van der Waals surface area contributed by atoms with Gasteiger partial charge in [0.15, 0.2) is 0 Å². The van der Waals surface area contributed by atoms with Crippen molar-refractivity contribution < 1.29 is 19.4 Å². The van der Waals surface area contributed by atoms with Crippen LogP contribution in [0.15, 0.2) is 30.3 Å². The standard InChI is InChI=1S/C21H32N2O4/c1-16(23(20(24)25)21(2,3)4)18(13-22)11-12-19(26-5)15-27-14-17-9-7-6-8-10-17/h6-10,16,18-19H,11-12,14-15H2,1-5H3,(H,24,25)/t16?,18?,19-/m0/s1. The number of nitrogens with zero attached hydrogens (tertiary/aromatic N) is 2. The summed E-state index contributed by atoms with van der Waals surface area (Å²) in [5.41, 5.74) is 0.526. The van der Waals surface area contributed by atoms with Crippen LogP contribution in [0.4, 0.5) is 4.79 Å². The number of carboxylic acid groups (broad SMARTS) is 1. The topological polar surface area (TPSA) is 82.8 Å². The molecule has 150 valence electrons. The molecule has 0 aliphatic rings. The molecule has 1 aromatic rings. The molecule has 0 radical (unpaired) electrons. The minimum absolute atomic E-state index is 0.135.